The zero-order chi connectivity index (χ0) is 13.7. The maximum atomic E-state index is 13.3. The minimum absolute atomic E-state index is 0.197. The van der Waals surface area contributed by atoms with E-state index in [4.69, 9.17) is 4.74 Å². The van der Waals surface area contributed by atoms with Gasteiger partial charge in [0.1, 0.15) is 11.6 Å². The number of halogens is 1. The minimum atomic E-state index is -0.424. The molecule has 1 aliphatic carbocycles. The van der Waals surface area contributed by atoms with Gasteiger partial charge in [-0.3, -0.25) is 4.79 Å². The Morgan fingerprint density at radius 1 is 1.26 bits per heavy atom. The average molecular weight is 265 g/mol. The van der Waals surface area contributed by atoms with Crippen LogP contribution in [0, 0.1) is 5.82 Å². The molecule has 0 aliphatic heterocycles. The molecule has 2 rings (SSSR count). The zero-order valence-corrected chi connectivity index (χ0v) is 11.2. The molecule has 19 heavy (non-hydrogen) atoms. The quantitative estimate of drug-likeness (QED) is 0.852. The summed E-state index contributed by atoms with van der Waals surface area (Å²) in [6.45, 7) is 0. The third kappa shape index (κ3) is 3.69. The third-order valence-electron chi connectivity index (χ3n) is 3.60. The summed E-state index contributed by atoms with van der Waals surface area (Å²) in [5.74, 6) is -0.261. The molecule has 1 amide bonds. The molecule has 1 aromatic carbocycles. The number of benzene rings is 1. The first kappa shape index (κ1) is 13.8. The van der Waals surface area contributed by atoms with E-state index in [9.17, 15) is 9.18 Å². The second kappa shape index (κ2) is 6.55. The van der Waals surface area contributed by atoms with Crippen molar-refractivity contribution in [1.29, 1.82) is 0 Å². The summed E-state index contributed by atoms with van der Waals surface area (Å²) in [5, 5.41) is 2.99. The van der Waals surface area contributed by atoms with E-state index in [0.717, 1.165) is 25.7 Å². The smallest absolute Gasteiger partial charge is 0.255 e. The molecule has 1 N–H and O–H groups in total. The normalized spacial score (nSPS) is 16.7. The van der Waals surface area contributed by atoms with Gasteiger partial charge in [0.15, 0.2) is 0 Å². The summed E-state index contributed by atoms with van der Waals surface area (Å²) in [7, 11) is 1.48. The number of carbonyl (C=O) groups excluding carboxylic acids is 1. The van der Waals surface area contributed by atoms with Gasteiger partial charge in [0, 0.05) is 6.04 Å². The summed E-state index contributed by atoms with van der Waals surface area (Å²) >= 11 is 0. The Labute approximate surface area is 113 Å². The molecule has 0 radical (unpaired) electrons. The molecule has 0 heterocycles. The van der Waals surface area contributed by atoms with Crippen molar-refractivity contribution in [2.75, 3.05) is 7.11 Å². The Bertz CT molecular complexity index is 440. The molecule has 1 saturated carbocycles. The summed E-state index contributed by atoms with van der Waals surface area (Å²) in [6.07, 6.45) is 6.76. The van der Waals surface area contributed by atoms with Gasteiger partial charge in [0.25, 0.3) is 5.91 Å². The lowest BCUT2D eigenvalue weighted by molar-refractivity contribution is 0.0930. The lowest BCUT2D eigenvalue weighted by atomic mass is 10.1. The van der Waals surface area contributed by atoms with E-state index >= 15 is 0 Å². The van der Waals surface area contributed by atoms with Gasteiger partial charge < -0.3 is 10.1 Å². The molecule has 4 heteroatoms. The Balaban J connectivity index is 2.08. The van der Waals surface area contributed by atoms with Gasteiger partial charge in [-0.05, 0) is 31.0 Å². The number of nitrogens with one attached hydrogen (secondary N) is 1. The largest absolute Gasteiger partial charge is 0.496 e. The lowest BCUT2D eigenvalue weighted by Crippen LogP contribution is -2.34. The van der Waals surface area contributed by atoms with Crippen molar-refractivity contribution in [2.45, 2.75) is 44.6 Å². The van der Waals surface area contributed by atoms with Crippen LogP contribution in [0.4, 0.5) is 4.39 Å². The van der Waals surface area contributed by atoms with Gasteiger partial charge in [0.2, 0.25) is 0 Å². The van der Waals surface area contributed by atoms with Crippen LogP contribution in [-0.4, -0.2) is 19.1 Å². The van der Waals surface area contributed by atoms with Crippen molar-refractivity contribution in [3.63, 3.8) is 0 Å². The summed E-state index contributed by atoms with van der Waals surface area (Å²) in [5.41, 5.74) is 0.270. The van der Waals surface area contributed by atoms with Crippen molar-refractivity contribution in [3.05, 3.63) is 29.6 Å². The van der Waals surface area contributed by atoms with E-state index in [-0.39, 0.29) is 17.5 Å². The Hall–Kier alpha value is -1.58. The number of amides is 1. The molecule has 1 aromatic rings. The van der Waals surface area contributed by atoms with Gasteiger partial charge in [-0.1, -0.05) is 25.7 Å². The van der Waals surface area contributed by atoms with Gasteiger partial charge in [-0.2, -0.15) is 0 Å². The number of methoxy groups -OCH3 is 1. The van der Waals surface area contributed by atoms with Crippen LogP contribution in [0.1, 0.15) is 48.9 Å². The monoisotopic (exact) mass is 265 g/mol. The number of hydrogen-bond donors (Lipinski definition) is 1. The van der Waals surface area contributed by atoms with Crippen molar-refractivity contribution in [2.24, 2.45) is 0 Å². The molecule has 104 valence electrons. The van der Waals surface area contributed by atoms with Crippen molar-refractivity contribution in [1.82, 2.24) is 5.32 Å². The second-order valence-corrected chi connectivity index (χ2v) is 5.01. The fourth-order valence-electron chi connectivity index (χ4n) is 2.54. The van der Waals surface area contributed by atoms with Gasteiger partial charge >= 0.3 is 0 Å². The van der Waals surface area contributed by atoms with E-state index in [1.54, 1.807) is 0 Å². The van der Waals surface area contributed by atoms with Gasteiger partial charge in [-0.15, -0.1) is 0 Å². The van der Waals surface area contributed by atoms with Crippen LogP contribution in [0.3, 0.4) is 0 Å². The zero-order valence-electron chi connectivity index (χ0n) is 11.2. The van der Waals surface area contributed by atoms with Crippen LogP contribution in [0.5, 0.6) is 5.75 Å². The number of rotatable bonds is 3. The first-order chi connectivity index (χ1) is 9.20. The molecular formula is C15H20FNO2. The van der Waals surface area contributed by atoms with Crippen LogP contribution >= 0.6 is 0 Å². The molecule has 1 aliphatic rings. The van der Waals surface area contributed by atoms with Gasteiger partial charge in [-0.25, -0.2) is 4.39 Å². The Kier molecular flexibility index (Phi) is 4.77. The number of carbonyl (C=O) groups is 1. The maximum Gasteiger partial charge on any atom is 0.255 e. The maximum absolute atomic E-state index is 13.3. The molecule has 0 aromatic heterocycles. The van der Waals surface area contributed by atoms with Crippen molar-refractivity contribution in [3.8, 4) is 5.75 Å². The highest BCUT2D eigenvalue weighted by Crippen LogP contribution is 2.21. The van der Waals surface area contributed by atoms with Gasteiger partial charge in [0.05, 0.1) is 12.7 Å². The average Bonchev–Trinajstić information content (AvgIpc) is 2.67. The molecule has 1 fully saturated rings. The molecule has 0 atom stereocenters. The van der Waals surface area contributed by atoms with Crippen molar-refractivity contribution >= 4 is 5.91 Å². The molecule has 0 spiro atoms. The summed E-state index contributed by atoms with van der Waals surface area (Å²) < 4.78 is 18.4. The van der Waals surface area contributed by atoms with E-state index in [0.29, 0.717) is 5.75 Å². The second-order valence-electron chi connectivity index (χ2n) is 5.01. The van der Waals surface area contributed by atoms with Crippen LogP contribution < -0.4 is 10.1 Å². The number of hydrogen-bond acceptors (Lipinski definition) is 2. The minimum Gasteiger partial charge on any atom is -0.496 e. The standard InChI is InChI=1S/C15H20FNO2/c1-19-14-9-8-11(16)10-13(14)15(18)17-12-6-4-2-3-5-7-12/h8-10,12H,2-7H2,1H3,(H,17,18). The Morgan fingerprint density at radius 2 is 1.95 bits per heavy atom. The number of ether oxygens (including phenoxy) is 1. The summed E-state index contributed by atoms with van der Waals surface area (Å²) in [4.78, 5) is 12.2. The SMILES string of the molecule is COc1ccc(F)cc1C(=O)NC1CCCCCC1. The van der Waals surface area contributed by atoms with E-state index in [1.165, 1.54) is 38.2 Å². The summed E-state index contributed by atoms with van der Waals surface area (Å²) in [6, 6.07) is 4.20. The van der Waals surface area contributed by atoms with E-state index < -0.39 is 5.82 Å². The highest BCUT2D eigenvalue weighted by atomic mass is 19.1. The van der Waals surface area contributed by atoms with E-state index in [2.05, 4.69) is 5.32 Å². The van der Waals surface area contributed by atoms with Crippen LogP contribution in [0.25, 0.3) is 0 Å². The molecule has 0 saturated heterocycles. The highest BCUT2D eigenvalue weighted by Gasteiger charge is 2.18. The van der Waals surface area contributed by atoms with Crippen LogP contribution in [-0.2, 0) is 0 Å². The topological polar surface area (TPSA) is 38.3 Å². The molecule has 0 bridgehead atoms. The molecule has 3 nitrogen and oxygen atoms in total. The third-order valence-corrected chi connectivity index (χ3v) is 3.60. The van der Waals surface area contributed by atoms with Crippen molar-refractivity contribution < 1.29 is 13.9 Å². The predicted molar refractivity (Wildman–Crippen MR) is 71.9 cm³/mol. The first-order valence-electron chi connectivity index (χ1n) is 6.85. The van der Waals surface area contributed by atoms with E-state index in [1.807, 2.05) is 0 Å². The fourth-order valence-corrected chi connectivity index (χ4v) is 2.54. The lowest BCUT2D eigenvalue weighted by Gasteiger charge is -2.17. The fraction of sp³-hybridized carbons (Fsp3) is 0.533. The molecular weight excluding hydrogens is 245 g/mol. The van der Waals surface area contributed by atoms with Crippen LogP contribution in [0.2, 0.25) is 0 Å². The van der Waals surface area contributed by atoms with Crippen LogP contribution in [0.15, 0.2) is 18.2 Å². The highest BCUT2D eigenvalue weighted by molar-refractivity contribution is 5.97. The predicted octanol–water partition coefficient (Wildman–Crippen LogP) is 3.29. The molecule has 0 unspecified atom stereocenters. The Morgan fingerprint density at radius 3 is 2.58 bits per heavy atom. The first-order valence-corrected chi connectivity index (χ1v) is 6.85.